The standard InChI is InChI=1S/C19H27ClN4O5/c1-13(2)11-16(18(26)29-3)21-17(25)15(12-14-7-5-4-6-8-14)22-19(27)24(23-28)10-9-20/h4-8,13,15-16H,9-12H2,1-3H3,(H,21,25)(H,22,27)/t15-,16-/m0/s1. The summed E-state index contributed by atoms with van der Waals surface area (Å²) in [5.41, 5.74) is 0.786. The van der Waals surface area contributed by atoms with Crippen molar-refractivity contribution in [2.24, 2.45) is 11.2 Å². The van der Waals surface area contributed by atoms with Crippen molar-refractivity contribution in [1.82, 2.24) is 15.6 Å². The number of carbonyl (C=O) groups excluding carboxylic acids is 3. The Morgan fingerprint density at radius 3 is 2.31 bits per heavy atom. The lowest BCUT2D eigenvalue weighted by atomic mass is 10.0. The van der Waals surface area contributed by atoms with E-state index < -0.39 is 30.0 Å². The van der Waals surface area contributed by atoms with Gasteiger partial charge in [0, 0.05) is 12.3 Å². The van der Waals surface area contributed by atoms with Gasteiger partial charge in [-0.25, -0.2) is 9.59 Å². The van der Waals surface area contributed by atoms with E-state index >= 15 is 0 Å². The van der Waals surface area contributed by atoms with Gasteiger partial charge >= 0.3 is 12.0 Å². The van der Waals surface area contributed by atoms with Gasteiger partial charge in [0.05, 0.1) is 18.9 Å². The number of urea groups is 1. The fourth-order valence-electron chi connectivity index (χ4n) is 2.64. The maximum atomic E-state index is 12.9. The zero-order valence-electron chi connectivity index (χ0n) is 16.8. The molecule has 0 radical (unpaired) electrons. The van der Waals surface area contributed by atoms with Gasteiger partial charge in [0.15, 0.2) is 0 Å². The van der Waals surface area contributed by atoms with Gasteiger partial charge in [-0.1, -0.05) is 44.2 Å². The van der Waals surface area contributed by atoms with Crippen LogP contribution in [0, 0.1) is 10.8 Å². The predicted octanol–water partition coefficient (Wildman–Crippen LogP) is 2.23. The molecule has 0 bridgehead atoms. The SMILES string of the molecule is COC(=O)[C@H](CC(C)C)NC(=O)[C@H](Cc1ccccc1)NC(=O)N(CCCl)N=O. The molecule has 0 aliphatic heterocycles. The van der Waals surface area contributed by atoms with Crippen molar-refractivity contribution in [1.29, 1.82) is 0 Å². The molecule has 0 heterocycles. The molecule has 3 amide bonds. The molecule has 0 saturated carbocycles. The Kier molecular flexibility index (Phi) is 10.7. The zero-order valence-corrected chi connectivity index (χ0v) is 17.5. The van der Waals surface area contributed by atoms with Gasteiger partial charge in [-0.15, -0.1) is 16.5 Å². The second-order valence-electron chi connectivity index (χ2n) is 6.80. The first kappa shape index (κ1) is 24.4. The first-order chi connectivity index (χ1) is 13.8. The molecular weight excluding hydrogens is 400 g/mol. The summed E-state index contributed by atoms with van der Waals surface area (Å²) in [5.74, 6) is -1.02. The molecule has 2 atom stereocenters. The Morgan fingerprint density at radius 1 is 1.14 bits per heavy atom. The van der Waals surface area contributed by atoms with Crippen molar-refractivity contribution in [2.45, 2.75) is 38.8 Å². The largest absolute Gasteiger partial charge is 0.467 e. The molecule has 0 saturated heterocycles. The highest BCUT2D eigenvalue weighted by Crippen LogP contribution is 2.09. The number of hydrogen-bond acceptors (Lipinski definition) is 6. The van der Waals surface area contributed by atoms with E-state index in [0.29, 0.717) is 11.4 Å². The van der Waals surface area contributed by atoms with Crippen molar-refractivity contribution in [3.8, 4) is 0 Å². The highest BCUT2D eigenvalue weighted by Gasteiger charge is 2.29. The fraction of sp³-hybridized carbons (Fsp3) is 0.526. The highest BCUT2D eigenvalue weighted by atomic mass is 35.5. The average Bonchev–Trinajstić information content (AvgIpc) is 2.70. The number of nitrogens with one attached hydrogen (secondary N) is 2. The summed E-state index contributed by atoms with van der Waals surface area (Å²) >= 11 is 5.56. The van der Waals surface area contributed by atoms with E-state index in [2.05, 4.69) is 15.9 Å². The number of halogens is 1. The van der Waals surface area contributed by atoms with E-state index in [-0.39, 0.29) is 24.8 Å². The highest BCUT2D eigenvalue weighted by molar-refractivity contribution is 6.18. The Hall–Kier alpha value is -2.68. The Bertz CT molecular complexity index is 686. The lowest BCUT2D eigenvalue weighted by Gasteiger charge is -2.24. The normalized spacial score (nSPS) is 12.6. The zero-order chi connectivity index (χ0) is 21.8. The summed E-state index contributed by atoms with van der Waals surface area (Å²) in [6.45, 7) is 3.71. The lowest BCUT2D eigenvalue weighted by molar-refractivity contribution is -0.145. The van der Waals surface area contributed by atoms with E-state index in [9.17, 15) is 19.3 Å². The van der Waals surface area contributed by atoms with Crippen LogP contribution in [0.15, 0.2) is 35.6 Å². The molecule has 1 aromatic rings. The number of nitroso groups, excluding NO2 is 1. The molecule has 10 heteroatoms. The first-order valence-corrected chi connectivity index (χ1v) is 9.75. The van der Waals surface area contributed by atoms with Crippen molar-refractivity contribution >= 4 is 29.5 Å². The van der Waals surface area contributed by atoms with Crippen LogP contribution >= 0.6 is 11.6 Å². The minimum Gasteiger partial charge on any atom is -0.467 e. The number of nitrogens with zero attached hydrogens (tertiary/aromatic N) is 2. The Balaban J connectivity index is 3.01. The molecule has 1 rings (SSSR count). The lowest BCUT2D eigenvalue weighted by Crippen LogP contribution is -2.54. The molecule has 160 valence electrons. The fourth-order valence-corrected chi connectivity index (χ4v) is 2.80. The second kappa shape index (κ2) is 12.7. The summed E-state index contributed by atoms with van der Waals surface area (Å²) < 4.78 is 4.76. The molecule has 0 aliphatic carbocycles. The Labute approximate surface area is 175 Å². The summed E-state index contributed by atoms with van der Waals surface area (Å²) in [7, 11) is 1.24. The molecule has 0 fully saturated rings. The molecule has 1 aromatic carbocycles. The number of esters is 1. The van der Waals surface area contributed by atoms with Gasteiger partial charge < -0.3 is 15.4 Å². The number of carbonyl (C=O) groups is 3. The second-order valence-corrected chi connectivity index (χ2v) is 7.18. The van der Waals surface area contributed by atoms with E-state index in [1.54, 1.807) is 24.3 Å². The van der Waals surface area contributed by atoms with Crippen LogP contribution in [0.5, 0.6) is 0 Å². The van der Waals surface area contributed by atoms with Gasteiger partial charge in [0.1, 0.15) is 12.1 Å². The summed E-state index contributed by atoms with van der Waals surface area (Å²) in [6.07, 6.45) is 0.528. The third-order valence-corrected chi connectivity index (χ3v) is 4.20. The third kappa shape index (κ3) is 8.47. The van der Waals surface area contributed by atoms with Crippen LogP contribution in [0.3, 0.4) is 0 Å². The topological polar surface area (TPSA) is 117 Å². The maximum absolute atomic E-state index is 12.9. The van der Waals surface area contributed by atoms with Crippen molar-refractivity contribution in [3.63, 3.8) is 0 Å². The third-order valence-electron chi connectivity index (χ3n) is 4.04. The van der Waals surface area contributed by atoms with Gasteiger partial charge in [0.2, 0.25) is 5.91 Å². The van der Waals surface area contributed by atoms with Crippen LogP contribution in [0.1, 0.15) is 25.8 Å². The van der Waals surface area contributed by atoms with Gasteiger partial charge in [0.25, 0.3) is 0 Å². The molecular formula is C19H27ClN4O5. The number of methoxy groups -OCH3 is 1. The van der Waals surface area contributed by atoms with Crippen LogP contribution in [-0.2, 0) is 20.7 Å². The summed E-state index contributed by atoms with van der Waals surface area (Å²) in [5, 5.41) is 8.34. The quantitative estimate of drug-likeness (QED) is 0.243. The summed E-state index contributed by atoms with van der Waals surface area (Å²) in [4.78, 5) is 48.1. The maximum Gasteiger partial charge on any atom is 0.341 e. The van der Waals surface area contributed by atoms with E-state index in [1.807, 2.05) is 19.9 Å². The molecule has 0 aliphatic rings. The molecule has 9 nitrogen and oxygen atoms in total. The average molecular weight is 427 g/mol. The number of amides is 3. The molecule has 2 N–H and O–H groups in total. The Morgan fingerprint density at radius 2 is 1.79 bits per heavy atom. The van der Waals surface area contributed by atoms with Crippen LogP contribution in [0.2, 0.25) is 0 Å². The van der Waals surface area contributed by atoms with Crippen molar-refractivity contribution in [2.75, 3.05) is 19.5 Å². The van der Waals surface area contributed by atoms with E-state index in [0.717, 1.165) is 5.56 Å². The number of rotatable bonds is 11. The number of hydrogen-bond donors (Lipinski definition) is 2. The molecule has 0 spiro atoms. The van der Waals surface area contributed by atoms with Gasteiger partial charge in [-0.3, -0.25) is 4.79 Å². The number of benzene rings is 1. The van der Waals surface area contributed by atoms with Gasteiger partial charge in [-0.2, -0.15) is 5.01 Å². The van der Waals surface area contributed by atoms with E-state index in [1.165, 1.54) is 7.11 Å². The molecule has 0 aromatic heterocycles. The van der Waals surface area contributed by atoms with Crippen molar-refractivity contribution < 1.29 is 19.1 Å². The minimum absolute atomic E-state index is 0.00745. The number of alkyl halides is 1. The monoisotopic (exact) mass is 426 g/mol. The van der Waals surface area contributed by atoms with Crippen LogP contribution in [-0.4, -0.2) is 54.5 Å². The molecule has 0 unspecified atom stereocenters. The van der Waals surface area contributed by atoms with Crippen LogP contribution < -0.4 is 10.6 Å². The van der Waals surface area contributed by atoms with Gasteiger partial charge in [-0.05, 0) is 17.9 Å². The van der Waals surface area contributed by atoms with E-state index in [4.69, 9.17) is 16.3 Å². The smallest absolute Gasteiger partial charge is 0.341 e. The number of ether oxygens (including phenoxy) is 1. The predicted molar refractivity (Wildman–Crippen MR) is 109 cm³/mol. The molecule has 29 heavy (non-hydrogen) atoms. The van der Waals surface area contributed by atoms with Crippen LogP contribution in [0.25, 0.3) is 0 Å². The first-order valence-electron chi connectivity index (χ1n) is 9.21. The summed E-state index contributed by atoms with van der Waals surface area (Å²) in [6, 6.07) is 6.28. The minimum atomic E-state index is -1.04. The van der Waals surface area contributed by atoms with Crippen LogP contribution in [0.4, 0.5) is 4.79 Å². The van der Waals surface area contributed by atoms with Crippen molar-refractivity contribution in [3.05, 3.63) is 40.8 Å².